The lowest BCUT2D eigenvalue weighted by Gasteiger charge is -2.20. The number of anilines is 1. The minimum absolute atomic E-state index is 0.181. The first-order valence-electron chi connectivity index (χ1n) is 9.03. The van der Waals surface area contributed by atoms with Crippen LogP contribution in [0.2, 0.25) is 5.02 Å². The molecular formula is C22H19ClN2O4S. The van der Waals surface area contributed by atoms with Crippen molar-refractivity contribution in [3.63, 3.8) is 0 Å². The lowest BCUT2D eigenvalue weighted by molar-refractivity contribution is 0.0996. The van der Waals surface area contributed by atoms with Crippen LogP contribution in [0.1, 0.15) is 9.67 Å². The molecule has 0 aliphatic rings. The lowest BCUT2D eigenvalue weighted by atomic mass is 10.2. The number of halogens is 1. The highest BCUT2D eigenvalue weighted by Crippen LogP contribution is 2.39. The Kier molecular flexibility index (Phi) is 5.40. The van der Waals surface area contributed by atoms with Crippen molar-refractivity contribution in [2.45, 2.75) is 0 Å². The molecule has 0 radical (unpaired) electrons. The van der Waals surface area contributed by atoms with E-state index in [1.54, 1.807) is 26.3 Å². The van der Waals surface area contributed by atoms with Crippen LogP contribution in [0.3, 0.4) is 0 Å². The van der Waals surface area contributed by atoms with E-state index in [9.17, 15) is 4.79 Å². The molecule has 0 aliphatic heterocycles. The summed E-state index contributed by atoms with van der Waals surface area (Å²) in [7, 11) is 6.37. The van der Waals surface area contributed by atoms with Crippen molar-refractivity contribution in [1.82, 2.24) is 4.98 Å². The van der Waals surface area contributed by atoms with E-state index in [0.717, 1.165) is 26.9 Å². The van der Waals surface area contributed by atoms with E-state index in [0.29, 0.717) is 27.1 Å². The molecule has 8 heteroatoms. The molecule has 0 N–H and O–H groups in total. The van der Waals surface area contributed by atoms with Gasteiger partial charge in [0.15, 0.2) is 0 Å². The monoisotopic (exact) mass is 442 g/mol. The number of thiophene rings is 1. The fourth-order valence-corrected chi connectivity index (χ4v) is 4.46. The molecular weight excluding hydrogens is 424 g/mol. The molecule has 0 fully saturated rings. The number of carbonyl (C=O) groups is 1. The van der Waals surface area contributed by atoms with Crippen LogP contribution in [0, 0.1) is 0 Å². The second-order valence-electron chi connectivity index (χ2n) is 6.57. The third-order valence-corrected chi connectivity index (χ3v) is 6.17. The van der Waals surface area contributed by atoms with Crippen LogP contribution < -0.4 is 19.1 Å². The Bertz CT molecular complexity index is 1270. The number of aromatic nitrogens is 1. The van der Waals surface area contributed by atoms with E-state index in [4.69, 9.17) is 25.8 Å². The molecule has 2 aromatic carbocycles. The van der Waals surface area contributed by atoms with E-state index < -0.39 is 0 Å². The molecule has 1 amide bonds. The van der Waals surface area contributed by atoms with Gasteiger partial charge in [0.05, 0.1) is 42.4 Å². The summed E-state index contributed by atoms with van der Waals surface area (Å²) in [5.74, 6) is 1.55. The van der Waals surface area contributed by atoms with Gasteiger partial charge in [-0.15, -0.1) is 11.3 Å². The highest BCUT2D eigenvalue weighted by Gasteiger charge is 2.22. The van der Waals surface area contributed by atoms with Gasteiger partial charge in [-0.2, -0.15) is 0 Å². The fourth-order valence-electron chi connectivity index (χ4n) is 3.23. The maximum atomic E-state index is 13.2. The number of hydrogen-bond donors (Lipinski definition) is 0. The van der Waals surface area contributed by atoms with Crippen LogP contribution >= 0.6 is 22.9 Å². The molecule has 0 atom stereocenters. The quantitative estimate of drug-likeness (QED) is 0.414. The average molecular weight is 443 g/mol. The Labute approximate surface area is 182 Å². The summed E-state index contributed by atoms with van der Waals surface area (Å²) < 4.78 is 15.9. The van der Waals surface area contributed by atoms with Crippen LogP contribution in [0.15, 0.2) is 42.5 Å². The lowest BCUT2D eigenvalue weighted by Crippen LogP contribution is -2.25. The number of ether oxygens (including phenoxy) is 3. The van der Waals surface area contributed by atoms with Gasteiger partial charge >= 0.3 is 0 Å². The molecule has 4 rings (SSSR count). The van der Waals surface area contributed by atoms with Gasteiger partial charge in [0.25, 0.3) is 5.91 Å². The van der Waals surface area contributed by atoms with E-state index >= 15 is 0 Å². The van der Waals surface area contributed by atoms with Crippen molar-refractivity contribution in [3.8, 4) is 17.2 Å². The molecule has 0 unspecified atom stereocenters. The Morgan fingerprint density at radius 3 is 2.43 bits per heavy atom. The second-order valence-corrected chi connectivity index (χ2v) is 8.01. The van der Waals surface area contributed by atoms with Crippen LogP contribution in [-0.4, -0.2) is 39.3 Å². The number of pyridine rings is 1. The fraction of sp³-hybridized carbons (Fsp3) is 0.182. The number of benzene rings is 2. The first-order valence-corrected chi connectivity index (χ1v) is 10.2. The molecule has 4 aromatic rings. The number of hydrogen-bond acceptors (Lipinski definition) is 6. The smallest absolute Gasteiger partial charge is 0.268 e. The highest BCUT2D eigenvalue weighted by atomic mass is 35.5. The van der Waals surface area contributed by atoms with Gasteiger partial charge in [0.2, 0.25) is 0 Å². The number of fused-ring (bicyclic) bond motifs is 2. The van der Waals surface area contributed by atoms with Crippen LogP contribution in [-0.2, 0) is 0 Å². The number of rotatable bonds is 5. The number of carbonyl (C=O) groups excluding carboxylic acids is 1. The van der Waals surface area contributed by atoms with Crippen molar-refractivity contribution in [2.24, 2.45) is 0 Å². The van der Waals surface area contributed by atoms with Crippen LogP contribution in [0.4, 0.5) is 5.69 Å². The molecule has 6 nitrogen and oxygen atoms in total. The summed E-state index contributed by atoms with van der Waals surface area (Å²) in [5, 5.41) is 2.25. The number of nitrogens with zero attached hydrogens (tertiary/aromatic N) is 2. The summed E-state index contributed by atoms with van der Waals surface area (Å²) in [5.41, 5.74) is 1.40. The molecule has 154 valence electrons. The largest absolute Gasteiger partial charge is 0.497 e. The van der Waals surface area contributed by atoms with Crippen molar-refractivity contribution in [1.29, 1.82) is 0 Å². The standard InChI is InChI=1S/C22H19ClN2O4S/c1-25(17-10-15(23)18(28-3)11-19(17)29-4)22(26)20-9-13-7-12-8-14(27-2)5-6-16(12)24-21(13)30-20/h5-11H,1-4H3. The Morgan fingerprint density at radius 2 is 1.73 bits per heavy atom. The van der Waals surface area contributed by atoms with Crippen LogP contribution in [0.5, 0.6) is 17.2 Å². The third-order valence-electron chi connectivity index (χ3n) is 4.84. The number of methoxy groups -OCH3 is 3. The first-order chi connectivity index (χ1) is 14.4. The summed E-state index contributed by atoms with van der Waals surface area (Å²) in [4.78, 5) is 20.8. The molecule has 0 spiro atoms. The predicted octanol–water partition coefficient (Wildman–Crippen LogP) is 5.41. The van der Waals surface area contributed by atoms with Gasteiger partial charge in [0.1, 0.15) is 22.1 Å². The van der Waals surface area contributed by atoms with Crippen molar-refractivity contribution in [3.05, 3.63) is 52.4 Å². The van der Waals surface area contributed by atoms with E-state index in [-0.39, 0.29) is 5.91 Å². The molecule has 0 bridgehead atoms. The highest BCUT2D eigenvalue weighted by molar-refractivity contribution is 7.20. The van der Waals surface area contributed by atoms with Gasteiger partial charge in [-0.05, 0) is 36.4 Å². The summed E-state index contributed by atoms with van der Waals surface area (Å²) in [6.45, 7) is 0. The van der Waals surface area contributed by atoms with Crippen molar-refractivity contribution in [2.75, 3.05) is 33.3 Å². The van der Waals surface area contributed by atoms with Gasteiger partial charge in [-0.25, -0.2) is 4.98 Å². The third kappa shape index (κ3) is 3.51. The maximum Gasteiger partial charge on any atom is 0.268 e. The molecule has 2 heterocycles. The van der Waals surface area contributed by atoms with Crippen LogP contribution in [0.25, 0.3) is 21.1 Å². The van der Waals surface area contributed by atoms with E-state index in [1.165, 1.54) is 30.5 Å². The average Bonchev–Trinajstić information content (AvgIpc) is 3.18. The number of amides is 1. The Hall–Kier alpha value is -3.03. The topological polar surface area (TPSA) is 60.9 Å². The first kappa shape index (κ1) is 20.3. The van der Waals surface area contributed by atoms with Gasteiger partial charge in [0, 0.05) is 23.9 Å². The Morgan fingerprint density at radius 1 is 0.967 bits per heavy atom. The zero-order valence-electron chi connectivity index (χ0n) is 16.9. The van der Waals surface area contributed by atoms with Crippen molar-refractivity contribution >= 4 is 55.7 Å². The summed E-state index contributed by atoms with van der Waals surface area (Å²) in [6, 6.07) is 12.9. The zero-order chi connectivity index (χ0) is 21.4. The molecule has 30 heavy (non-hydrogen) atoms. The SMILES string of the molecule is COc1ccc2nc3sc(C(=O)N(C)c4cc(Cl)c(OC)cc4OC)cc3cc2c1. The van der Waals surface area contributed by atoms with Gasteiger partial charge in [-0.1, -0.05) is 11.6 Å². The zero-order valence-corrected chi connectivity index (χ0v) is 18.4. The minimum Gasteiger partial charge on any atom is -0.497 e. The summed E-state index contributed by atoms with van der Waals surface area (Å²) in [6.07, 6.45) is 0. The Balaban J connectivity index is 1.73. The molecule has 2 aromatic heterocycles. The normalized spacial score (nSPS) is 11.0. The molecule has 0 aliphatic carbocycles. The van der Waals surface area contributed by atoms with Crippen molar-refractivity contribution < 1.29 is 19.0 Å². The van der Waals surface area contributed by atoms with E-state index in [1.807, 2.05) is 30.3 Å². The maximum absolute atomic E-state index is 13.2. The minimum atomic E-state index is -0.181. The second kappa shape index (κ2) is 8.01. The van der Waals surface area contributed by atoms with E-state index in [2.05, 4.69) is 4.98 Å². The molecule has 0 saturated carbocycles. The molecule has 0 saturated heterocycles. The van der Waals surface area contributed by atoms with Gasteiger partial charge < -0.3 is 19.1 Å². The van der Waals surface area contributed by atoms with Gasteiger partial charge in [-0.3, -0.25) is 4.79 Å². The predicted molar refractivity (Wildman–Crippen MR) is 121 cm³/mol. The summed E-state index contributed by atoms with van der Waals surface area (Å²) >= 11 is 7.61.